The summed E-state index contributed by atoms with van der Waals surface area (Å²) in [5, 5.41) is 4.08. The van der Waals surface area contributed by atoms with Crippen LogP contribution in [0.1, 0.15) is 15.9 Å². The summed E-state index contributed by atoms with van der Waals surface area (Å²) < 4.78 is 0. The standard InChI is InChI=1S/C18H12ClN5O/c1-10-5-12(7-22-17(10)19)24-18(25)13-8-21-14-4-2-3-11-6-20-9-23-16(11)15(13)14/h2-9H,1H3,(H,24,25). The normalized spacial score (nSPS) is 11.0. The molecule has 4 rings (SSSR count). The van der Waals surface area contributed by atoms with Gasteiger partial charge < -0.3 is 5.32 Å². The number of amides is 1. The first-order valence-electron chi connectivity index (χ1n) is 7.54. The number of hydrogen-bond acceptors (Lipinski definition) is 5. The van der Waals surface area contributed by atoms with E-state index in [4.69, 9.17) is 11.6 Å². The third kappa shape index (κ3) is 2.77. The van der Waals surface area contributed by atoms with Crippen molar-refractivity contribution in [1.29, 1.82) is 0 Å². The molecule has 2 aliphatic rings. The Morgan fingerprint density at radius 2 is 2.00 bits per heavy atom. The second-order valence-corrected chi connectivity index (χ2v) is 5.93. The number of carbonyl (C=O) groups excluding carboxylic acids is 1. The first kappa shape index (κ1) is 15.4. The molecule has 6 nitrogen and oxygen atoms in total. The van der Waals surface area contributed by atoms with E-state index >= 15 is 0 Å². The molecule has 1 amide bonds. The molecule has 0 spiro atoms. The van der Waals surface area contributed by atoms with E-state index in [0.29, 0.717) is 33.2 Å². The van der Waals surface area contributed by atoms with Crippen LogP contribution in [0.5, 0.6) is 0 Å². The van der Waals surface area contributed by atoms with Gasteiger partial charge in [0.15, 0.2) is 0 Å². The molecule has 0 atom stereocenters. The minimum Gasteiger partial charge on any atom is -0.321 e. The first-order chi connectivity index (χ1) is 12.1. The number of hydrogen-bond donors (Lipinski definition) is 1. The molecule has 0 fully saturated rings. The Bertz CT molecular complexity index is 1080. The van der Waals surface area contributed by atoms with E-state index in [9.17, 15) is 4.79 Å². The van der Waals surface area contributed by atoms with Crippen LogP contribution in [0.4, 0.5) is 5.69 Å². The Morgan fingerprint density at radius 1 is 1.12 bits per heavy atom. The monoisotopic (exact) mass is 349 g/mol. The van der Waals surface area contributed by atoms with E-state index in [1.54, 1.807) is 18.5 Å². The summed E-state index contributed by atoms with van der Waals surface area (Å²) >= 11 is 5.93. The Balaban J connectivity index is 1.80. The summed E-state index contributed by atoms with van der Waals surface area (Å²) in [5.41, 5.74) is 3.88. The van der Waals surface area contributed by atoms with E-state index in [1.807, 2.05) is 25.1 Å². The van der Waals surface area contributed by atoms with Gasteiger partial charge in [0.2, 0.25) is 0 Å². The molecule has 122 valence electrons. The van der Waals surface area contributed by atoms with Gasteiger partial charge in [-0.1, -0.05) is 23.7 Å². The SMILES string of the molecule is Cc1cc(NC(=O)c2cnc3cccc4cncnc4c2-3)cnc1Cl. The molecule has 0 bridgehead atoms. The maximum Gasteiger partial charge on any atom is 0.258 e. The molecule has 3 heterocycles. The molecule has 0 saturated heterocycles. The van der Waals surface area contributed by atoms with Crippen molar-refractivity contribution in [2.45, 2.75) is 6.92 Å². The number of aryl methyl sites for hydroxylation is 1. The maximum absolute atomic E-state index is 12.8. The lowest BCUT2D eigenvalue weighted by molar-refractivity contribution is 0.102. The van der Waals surface area contributed by atoms with E-state index in [-0.39, 0.29) is 5.91 Å². The highest BCUT2D eigenvalue weighted by Crippen LogP contribution is 2.31. The maximum atomic E-state index is 12.8. The van der Waals surface area contributed by atoms with Crippen LogP contribution in [0.3, 0.4) is 0 Å². The largest absolute Gasteiger partial charge is 0.321 e. The fourth-order valence-corrected chi connectivity index (χ4v) is 2.79. The molecule has 0 radical (unpaired) electrons. The summed E-state index contributed by atoms with van der Waals surface area (Å²) in [7, 11) is 0. The van der Waals surface area contributed by atoms with Gasteiger partial charge in [0.25, 0.3) is 5.91 Å². The van der Waals surface area contributed by atoms with Gasteiger partial charge in [0, 0.05) is 23.3 Å². The summed E-state index contributed by atoms with van der Waals surface area (Å²) in [4.78, 5) is 29.5. The number of fused-ring (bicyclic) bond motifs is 3. The zero-order valence-electron chi connectivity index (χ0n) is 13.2. The molecule has 2 aromatic rings. The van der Waals surface area contributed by atoms with Gasteiger partial charge >= 0.3 is 0 Å². The van der Waals surface area contributed by atoms with Gasteiger partial charge in [0.05, 0.1) is 28.7 Å². The van der Waals surface area contributed by atoms with Gasteiger partial charge in [-0.15, -0.1) is 0 Å². The Kier molecular flexibility index (Phi) is 3.74. The van der Waals surface area contributed by atoms with Crippen LogP contribution in [0, 0.1) is 6.92 Å². The van der Waals surface area contributed by atoms with Crippen LogP contribution in [0.2, 0.25) is 5.15 Å². The molecular weight excluding hydrogens is 338 g/mol. The van der Waals surface area contributed by atoms with Crippen LogP contribution >= 0.6 is 11.6 Å². The predicted molar refractivity (Wildman–Crippen MR) is 95.9 cm³/mol. The van der Waals surface area contributed by atoms with Crippen LogP contribution in [-0.2, 0) is 0 Å². The van der Waals surface area contributed by atoms with Gasteiger partial charge in [-0.25, -0.2) is 15.0 Å². The molecule has 0 aromatic carbocycles. The third-order valence-electron chi connectivity index (χ3n) is 3.88. The third-order valence-corrected chi connectivity index (χ3v) is 4.28. The van der Waals surface area contributed by atoms with Crippen molar-refractivity contribution in [1.82, 2.24) is 19.9 Å². The van der Waals surface area contributed by atoms with Gasteiger partial charge in [-0.2, -0.15) is 0 Å². The molecule has 0 saturated carbocycles. The van der Waals surface area contributed by atoms with E-state index in [1.165, 1.54) is 12.5 Å². The zero-order valence-corrected chi connectivity index (χ0v) is 13.9. The Labute approximate surface area is 148 Å². The number of rotatable bonds is 2. The number of pyridine rings is 1. The van der Waals surface area contributed by atoms with Crippen molar-refractivity contribution in [2.75, 3.05) is 5.32 Å². The lowest BCUT2D eigenvalue weighted by Crippen LogP contribution is -2.12. The van der Waals surface area contributed by atoms with Crippen molar-refractivity contribution in [3.8, 4) is 11.3 Å². The topological polar surface area (TPSA) is 80.7 Å². The summed E-state index contributed by atoms with van der Waals surface area (Å²) in [6, 6.07) is 7.38. The fourth-order valence-electron chi connectivity index (χ4n) is 2.69. The molecule has 7 heteroatoms. The minimum absolute atomic E-state index is 0.280. The van der Waals surface area contributed by atoms with Crippen molar-refractivity contribution in [3.63, 3.8) is 0 Å². The molecule has 1 aliphatic carbocycles. The average molecular weight is 350 g/mol. The summed E-state index contributed by atoms with van der Waals surface area (Å²) in [6.07, 6.45) is 6.25. The van der Waals surface area contributed by atoms with Gasteiger partial charge in [-0.05, 0) is 24.6 Å². The van der Waals surface area contributed by atoms with Crippen LogP contribution in [0.15, 0.2) is 49.2 Å². The molecule has 1 aliphatic heterocycles. The molecule has 1 N–H and O–H groups in total. The molecule has 0 unspecified atom stereocenters. The van der Waals surface area contributed by atoms with E-state index < -0.39 is 0 Å². The number of aromatic nitrogens is 4. The smallest absolute Gasteiger partial charge is 0.258 e. The van der Waals surface area contributed by atoms with Crippen molar-refractivity contribution >= 4 is 34.1 Å². The second kappa shape index (κ2) is 6.07. The number of carbonyl (C=O) groups is 1. The second-order valence-electron chi connectivity index (χ2n) is 5.57. The quantitative estimate of drug-likeness (QED) is 0.557. The fraction of sp³-hybridized carbons (Fsp3) is 0.0556. The van der Waals surface area contributed by atoms with Gasteiger partial charge in [0.1, 0.15) is 11.5 Å². The first-order valence-corrected chi connectivity index (χ1v) is 7.92. The van der Waals surface area contributed by atoms with Gasteiger partial charge in [-0.3, -0.25) is 9.78 Å². The van der Waals surface area contributed by atoms with Crippen molar-refractivity contribution in [2.24, 2.45) is 0 Å². The predicted octanol–water partition coefficient (Wildman–Crippen LogP) is 3.74. The summed E-state index contributed by atoms with van der Waals surface area (Å²) in [5.74, 6) is -0.280. The van der Waals surface area contributed by atoms with E-state index in [0.717, 1.165) is 10.9 Å². The highest BCUT2D eigenvalue weighted by Gasteiger charge is 2.20. The lowest BCUT2D eigenvalue weighted by Gasteiger charge is -2.07. The van der Waals surface area contributed by atoms with Crippen molar-refractivity contribution < 1.29 is 4.79 Å². The number of anilines is 1. The average Bonchev–Trinajstić information content (AvgIpc) is 2.94. The lowest BCUT2D eigenvalue weighted by atomic mass is 10.1. The van der Waals surface area contributed by atoms with E-state index in [2.05, 4.69) is 25.3 Å². The zero-order chi connectivity index (χ0) is 17.4. The summed E-state index contributed by atoms with van der Waals surface area (Å²) in [6.45, 7) is 1.83. The Morgan fingerprint density at radius 3 is 2.84 bits per heavy atom. The van der Waals surface area contributed by atoms with Crippen LogP contribution < -0.4 is 5.32 Å². The number of nitrogens with zero attached hydrogens (tertiary/aromatic N) is 4. The molecular formula is C18H12ClN5O. The molecule has 25 heavy (non-hydrogen) atoms. The van der Waals surface area contributed by atoms with Crippen LogP contribution in [-0.4, -0.2) is 25.8 Å². The van der Waals surface area contributed by atoms with Crippen LogP contribution in [0.25, 0.3) is 22.2 Å². The highest BCUT2D eigenvalue weighted by atomic mass is 35.5. The number of nitrogens with one attached hydrogen (secondary N) is 1. The Hall–Kier alpha value is -3.12. The molecule has 2 aromatic heterocycles. The highest BCUT2D eigenvalue weighted by molar-refractivity contribution is 6.30. The minimum atomic E-state index is -0.280. The number of halogens is 1. The van der Waals surface area contributed by atoms with Crippen molar-refractivity contribution in [3.05, 3.63) is 65.5 Å².